The van der Waals surface area contributed by atoms with E-state index in [0.717, 1.165) is 66.8 Å². The Morgan fingerprint density at radius 1 is 0.368 bits per heavy atom. The minimum atomic E-state index is -0.918. The molecule has 0 bridgehead atoms. The van der Waals surface area contributed by atoms with Gasteiger partial charge in [0.25, 0.3) is 0 Å². The van der Waals surface area contributed by atoms with Crippen LogP contribution in [0.3, 0.4) is 0 Å². The summed E-state index contributed by atoms with van der Waals surface area (Å²) in [5.74, 6) is 0.102. The fourth-order valence-electron chi connectivity index (χ4n) is 10.3. The maximum Gasteiger partial charge on any atom is 0.302 e. The zero-order valence-electron chi connectivity index (χ0n) is 60.1. The molecule has 0 saturated heterocycles. The molecule has 0 heterocycles. The van der Waals surface area contributed by atoms with E-state index in [1.165, 1.54) is 80.8 Å². The average molecular weight is 1440 g/mol. The van der Waals surface area contributed by atoms with Gasteiger partial charge in [-0.1, -0.05) is 21.3 Å². The first-order valence-electron chi connectivity index (χ1n) is 29.6. The van der Waals surface area contributed by atoms with Crippen LogP contribution >= 0.6 is 37.2 Å². The van der Waals surface area contributed by atoms with Crippen LogP contribution in [0.4, 0.5) is 0 Å². The van der Waals surface area contributed by atoms with E-state index in [-0.39, 0.29) is 43.0 Å². The van der Waals surface area contributed by atoms with E-state index < -0.39 is 35.5 Å². The van der Waals surface area contributed by atoms with Crippen molar-refractivity contribution in [3.63, 3.8) is 0 Å². The Labute approximate surface area is 552 Å². The highest BCUT2D eigenvalue weighted by atomic mass is 128. The molecule has 0 amide bonds. The van der Waals surface area contributed by atoms with E-state index in [0.29, 0.717) is 0 Å². The summed E-state index contributed by atoms with van der Waals surface area (Å²) < 4.78 is 36.9. The summed E-state index contributed by atoms with van der Waals surface area (Å²) in [7, 11) is 6.09. The van der Waals surface area contributed by atoms with Crippen molar-refractivity contribution in [3.8, 4) is 0 Å². The maximum absolute atomic E-state index is 13.0. The highest BCUT2D eigenvalue weighted by Gasteiger charge is 2.37. The van der Waals surface area contributed by atoms with Crippen molar-refractivity contribution in [2.75, 3.05) is 28.4 Å². The van der Waals surface area contributed by atoms with Gasteiger partial charge in [0.05, 0.1) is 12.7 Å². The number of aliphatic hydroxyl groups excluding tert-OH is 1. The summed E-state index contributed by atoms with van der Waals surface area (Å²) in [5, 5.41) is 10.9. The molecule has 4 atom stereocenters. The molecule has 12 nitrogen and oxygen atoms in total. The number of rotatable bonds is 17. The fraction of sp³-hybridized carbons (Fsp3) is 0.616. The van der Waals surface area contributed by atoms with Gasteiger partial charge in [0, 0.05) is 88.1 Å². The van der Waals surface area contributed by atoms with Gasteiger partial charge in [0.1, 0.15) is 17.3 Å². The third kappa shape index (κ3) is 22.7. The predicted octanol–water partition coefficient (Wildman–Crippen LogP) is 19.1. The molecule has 0 saturated carbocycles. The first kappa shape index (κ1) is 87.7. The zero-order chi connectivity index (χ0) is 68.5. The lowest BCUT2D eigenvalue weighted by atomic mass is 9.82. The van der Waals surface area contributed by atoms with Crippen molar-refractivity contribution in [2.45, 2.75) is 271 Å². The van der Waals surface area contributed by atoms with Gasteiger partial charge in [0.15, 0.2) is 36.2 Å². The summed E-state index contributed by atoms with van der Waals surface area (Å²) in [5.41, 5.74) is 24.5. The summed E-state index contributed by atoms with van der Waals surface area (Å²) in [6.07, 6.45) is -1.90. The number of halogens is 2. The van der Waals surface area contributed by atoms with Gasteiger partial charge in [-0.15, -0.1) is 0 Å². The monoisotopic (exact) mass is 1440 g/mol. The number of benzene rings is 4. The Balaban J connectivity index is -0.00000104. The molecular weight excluding hydrogens is 1320 g/mol. The molecular formula is C73H118I2O12. The molecule has 0 aliphatic rings. The van der Waals surface area contributed by atoms with Crippen LogP contribution in [0.15, 0.2) is 0 Å². The number of aliphatic hydroxyl groups is 1. The third-order valence-corrected chi connectivity index (χ3v) is 18.0. The van der Waals surface area contributed by atoms with E-state index in [2.05, 4.69) is 153 Å². The van der Waals surface area contributed by atoms with Crippen LogP contribution in [0.25, 0.3) is 0 Å². The highest BCUT2D eigenvalue weighted by Crippen LogP contribution is 2.38. The summed E-state index contributed by atoms with van der Waals surface area (Å²) >= 11 is 4.24. The summed E-state index contributed by atoms with van der Waals surface area (Å²) in [6.45, 7) is 63.2. The van der Waals surface area contributed by atoms with Crippen LogP contribution in [0.2, 0.25) is 0 Å². The van der Waals surface area contributed by atoms with Crippen molar-refractivity contribution in [1.29, 1.82) is 0 Å². The maximum atomic E-state index is 13.0. The Bertz CT molecular complexity index is 2760. The Morgan fingerprint density at radius 2 is 0.563 bits per heavy atom. The van der Waals surface area contributed by atoms with Crippen LogP contribution < -0.4 is 0 Å². The first-order valence-corrected chi connectivity index (χ1v) is 35.9. The summed E-state index contributed by atoms with van der Waals surface area (Å²) in [4.78, 5) is 47.8. The quantitative estimate of drug-likeness (QED) is 0.0463. The van der Waals surface area contributed by atoms with Crippen molar-refractivity contribution < 1.29 is 57.4 Å². The number of ketones is 3. The van der Waals surface area contributed by atoms with E-state index >= 15 is 0 Å². The molecule has 0 spiro atoms. The van der Waals surface area contributed by atoms with Crippen LogP contribution in [0.1, 0.15) is 245 Å². The number of carbonyl (C=O) groups excluding carboxylic acids is 4. The molecule has 4 unspecified atom stereocenters. The lowest BCUT2D eigenvalue weighted by Crippen LogP contribution is -2.39. The van der Waals surface area contributed by atoms with Crippen molar-refractivity contribution in [2.24, 2.45) is 5.92 Å². The highest BCUT2D eigenvalue weighted by molar-refractivity contribution is 15.0. The lowest BCUT2D eigenvalue weighted by molar-refractivity contribution is -0.211. The number of hydrogen-bond acceptors (Lipinski definition) is 12. The van der Waals surface area contributed by atoms with Crippen molar-refractivity contribution in [1.82, 2.24) is 0 Å². The average Bonchev–Trinajstić information content (AvgIpc) is 1.51. The molecule has 14 heteroatoms. The number of esters is 1. The third-order valence-electron chi connectivity index (χ3n) is 18.0. The van der Waals surface area contributed by atoms with Gasteiger partial charge in [-0.05, 0) is 318 Å². The molecule has 1 N–H and O–H groups in total. The van der Waals surface area contributed by atoms with Gasteiger partial charge in [-0.25, -0.2) is 0 Å². The van der Waals surface area contributed by atoms with E-state index in [1.807, 2.05) is 62.3 Å². The van der Waals surface area contributed by atoms with E-state index in [9.17, 15) is 24.3 Å². The molecule has 4 aromatic rings. The zero-order valence-corrected chi connectivity index (χ0v) is 64.4. The van der Waals surface area contributed by atoms with Crippen LogP contribution in [-0.2, 0) is 38.0 Å². The second kappa shape index (κ2) is 37.8. The Kier molecular flexibility index (Phi) is 38.1. The number of carbonyl (C=O) groups is 4. The van der Waals surface area contributed by atoms with Crippen molar-refractivity contribution in [3.05, 3.63) is 134 Å². The van der Waals surface area contributed by atoms with Gasteiger partial charge in [0.2, 0.25) is 0 Å². The minimum absolute atomic E-state index is 0. The van der Waals surface area contributed by atoms with Gasteiger partial charge in [-0.2, -0.15) is 0 Å². The van der Waals surface area contributed by atoms with Crippen LogP contribution in [-0.4, -0.2) is 92.5 Å². The van der Waals surface area contributed by atoms with Crippen LogP contribution in [0.5, 0.6) is 0 Å². The smallest absolute Gasteiger partial charge is 0.302 e. The largest absolute Gasteiger partial charge is 0.469 e. The fourth-order valence-corrected chi connectivity index (χ4v) is 10.3. The number of methoxy groups -OCH3 is 4. The second-order valence-electron chi connectivity index (χ2n) is 24.7. The topological polar surface area (TPSA) is 153 Å². The molecule has 87 heavy (non-hydrogen) atoms. The summed E-state index contributed by atoms with van der Waals surface area (Å²) in [6, 6.07) is 0. The SMILES string of the molecule is C.COC(C)=O.COC(C)OC(C)(C)C(=O)c1c(C)c(C)c(C)c(C)c1C.COC(C)OC(C)(C)C(=O)c1c(C)c(C)c(C)c(C)c1C.COC(C)OC(C)(C)C(O)c1c(C)c(C)c(C)c(C)c1C.Cc1c(C)c(C)c(C(=O)C(C)C)c(C)c1C.II. The molecule has 0 radical (unpaired) electrons. The standard InChI is InChI=1S/C18H30O3.2C18H28O3.C15H22O.C3H6O2.CH4.I2/c3*1-10-11(2)13(4)16(14(5)12(10)3)17(19)18(7,8)21-15(6)20-9;1-8(2)15(16)14-12(6)10(4)9(3)11(5)13(14)7;1-3(4)5-2;;1-2/h15,17,19H,1-9H3;2*15H,1-9H3;8H,1-7H3;1-2H3;1H4;. The normalized spacial score (nSPS) is 12.6. The van der Waals surface area contributed by atoms with Crippen molar-refractivity contribution >= 4 is 60.6 Å². The molecule has 4 rings (SSSR count). The van der Waals surface area contributed by atoms with E-state index in [4.69, 9.17) is 28.4 Å². The van der Waals surface area contributed by atoms with Gasteiger partial charge >= 0.3 is 5.97 Å². The van der Waals surface area contributed by atoms with Crippen LogP contribution in [0, 0.1) is 144 Å². The Morgan fingerprint density at radius 3 is 0.770 bits per heavy atom. The predicted molar refractivity (Wildman–Crippen MR) is 381 cm³/mol. The molecule has 0 aromatic heterocycles. The molecule has 4 aromatic carbocycles. The Hall–Kier alpha value is -3.46. The first-order chi connectivity index (χ1) is 39.2. The second-order valence-corrected chi connectivity index (χ2v) is 24.7. The molecule has 0 aliphatic heterocycles. The van der Waals surface area contributed by atoms with Gasteiger partial charge in [-0.3, -0.25) is 19.2 Å². The minimum Gasteiger partial charge on any atom is -0.469 e. The van der Waals surface area contributed by atoms with E-state index in [1.54, 1.807) is 62.9 Å². The number of hydrogen-bond donors (Lipinski definition) is 1. The number of Topliss-reactive ketones (excluding diaryl/α,β-unsaturated/α-hetero) is 3. The van der Waals surface area contributed by atoms with Gasteiger partial charge < -0.3 is 38.3 Å². The molecule has 0 aliphatic carbocycles. The molecule has 0 fully saturated rings. The number of ether oxygens (including phenoxy) is 7. The molecule has 496 valence electrons. The lowest BCUT2D eigenvalue weighted by Gasteiger charge is -2.35.